The van der Waals surface area contributed by atoms with Crippen LogP contribution in [0, 0.1) is 0 Å². The van der Waals surface area contributed by atoms with Crippen molar-refractivity contribution >= 4 is 22.5 Å². The van der Waals surface area contributed by atoms with Crippen LogP contribution in [0.4, 0.5) is 5.69 Å². The molecule has 1 fully saturated rings. The van der Waals surface area contributed by atoms with Crippen molar-refractivity contribution in [2.24, 2.45) is 0 Å². The van der Waals surface area contributed by atoms with Gasteiger partial charge in [0.25, 0.3) is 5.91 Å². The zero-order valence-corrected chi connectivity index (χ0v) is 15.3. The van der Waals surface area contributed by atoms with Gasteiger partial charge in [-0.1, -0.05) is 36.4 Å². The van der Waals surface area contributed by atoms with Crippen LogP contribution in [0.3, 0.4) is 0 Å². The standard InChI is InChI=1S/C22H24N4O/c27-22(19-16-18-6-4-5-9-21(18)24-17-19)23-10-11-25-12-14-26(15-13-25)20-7-2-1-3-8-20/h1-9,16-17H,10-15H2,(H,23,27). The molecule has 5 heteroatoms. The molecule has 1 aliphatic rings. The average molecular weight is 360 g/mol. The van der Waals surface area contributed by atoms with E-state index < -0.39 is 0 Å². The third kappa shape index (κ3) is 4.26. The third-order valence-electron chi connectivity index (χ3n) is 5.06. The number of hydrogen-bond donors (Lipinski definition) is 1. The van der Waals surface area contributed by atoms with Gasteiger partial charge in [-0.05, 0) is 24.3 Å². The first kappa shape index (κ1) is 17.5. The number of para-hydroxylation sites is 2. The Bertz CT molecular complexity index is 904. The molecule has 1 N–H and O–H groups in total. The summed E-state index contributed by atoms with van der Waals surface area (Å²) < 4.78 is 0. The molecule has 0 atom stereocenters. The molecule has 2 heterocycles. The van der Waals surface area contributed by atoms with Crippen molar-refractivity contribution in [2.75, 3.05) is 44.2 Å². The number of carbonyl (C=O) groups excluding carboxylic acids is 1. The van der Waals surface area contributed by atoms with Crippen molar-refractivity contribution in [3.8, 4) is 0 Å². The number of anilines is 1. The largest absolute Gasteiger partial charge is 0.369 e. The number of amides is 1. The molecule has 1 amide bonds. The van der Waals surface area contributed by atoms with Crippen LogP contribution in [0.2, 0.25) is 0 Å². The molecule has 1 aromatic heterocycles. The maximum Gasteiger partial charge on any atom is 0.252 e. The average Bonchev–Trinajstić information content (AvgIpc) is 2.74. The molecule has 0 saturated carbocycles. The number of benzene rings is 2. The number of rotatable bonds is 5. The lowest BCUT2D eigenvalue weighted by molar-refractivity contribution is 0.0947. The summed E-state index contributed by atoms with van der Waals surface area (Å²) >= 11 is 0. The van der Waals surface area contributed by atoms with Crippen LogP contribution in [-0.2, 0) is 0 Å². The molecular formula is C22H24N4O. The number of nitrogens with one attached hydrogen (secondary N) is 1. The van der Waals surface area contributed by atoms with Gasteiger partial charge in [-0.25, -0.2) is 0 Å². The maximum atomic E-state index is 12.4. The Hall–Kier alpha value is -2.92. The summed E-state index contributed by atoms with van der Waals surface area (Å²) in [6.07, 6.45) is 1.65. The first-order valence-corrected chi connectivity index (χ1v) is 9.45. The zero-order chi connectivity index (χ0) is 18.5. The van der Waals surface area contributed by atoms with Crippen LogP contribution in [0.5, 0.6) is 0 Å². The van der Waals surface area contributed by atoms with Crippen molar-refractivity contribution in [1.29, 1.82) is 0 Å². The highest BCUT2D eigenvalue weighted by molar-refractivity contribution is 5.97. The van der Waals surface area contributed by atoms with Crippen LogP contribution in [-0.4, -0.2) is 55.1 Å². The summed E-state index contributed by atoms with van der Waals surface area (Å²) in [4.78, 5) is 21.6. The summed E-state index contributed by atoms with van der Waals surface area (Å²) in [5.41, 5.74) is 2.81. The Morgan fingerprint density at radius 1 is 0.963 bits per heavy atom. The highest BCUT2D eigenvalue weighted by atomic mass is 16.1. The van der Waals surface area contributed by atoms with Gasteiger partial charge in [0.2, 0.25) is 0 Å². The maximum absolute atomic E-state index is 12.4. The fourth-order valence-electron chi connectivity index (χ4n) is 3.49. The normalized spacial score (nSPS) is 15.0. The quantitative estimate of drug-likeness (QED) is 0.760. The number of hydrogen-bond acceptors (Lipinski definition) is 4. The second kappa shape index (κ2) is 8.18. The summed E-state index contributed by atoms with van der Waals surface area (Å²) in [6, 6.07) is 20.3. The second-order valence-electron chi connectivity index (χ2n) is 6.84. The molecule has 0 unspecified atom stereocenters. The molecule has 0 radical (unpaired) electrons. The molecule has 2 aromatic carbocycles. The fraction of sp³-hybridized carbons (Fsp3) is 0.273. The lowest BCUT2D eigenvalue weighted by Crippen LogP contribution is -2.48. The Morgan fingerprint density at radius 3 is 2.52 bits per heavy atom. The summed E-state index contributed by atoms with van der Waals surface area (Å²) in [6.45, 7) is 5.59. The van der Waals surface area contributed by atoms with Gasteiger partial charge in [0.1, 0.15) is 0 Å². The van der Waals surface area contributed by atoms with Crippen LogP contribution < -0.4 is 10.2 Å². The van der Waals surface area contributed by atoms with Gasteiger partial charge in [-0.2, -0.15) is 0 Å². The van der Waals surface area contributed by atoms with Gasteiger partial charge in [0, 0.05) is 56.5 Å². The van der Waals surface area contributed by atoms with E-state index in [-0.39, 0.29) is 5.91 Å². The molecule has 0 spiro atoms. The zero-order valence-electron chi connectivity index (χ0n) is 15.3. The molecule has 0 bridgehead atoms. The summed E-state index contributed by atoms with van der Waals surface area (Å²) in [5, 5.41) is 4.01. The second-order valence-corrected chi connectivity index (χ2v) is 6.84. The monoisotopic (exact) mass is 360 g/mol. The van der Waals surface area contributed by atoms with Crippen molar-refractivity contribution in [2.45, 2.75) is 0 Å². The Morgan fingerprint density at radius 2 is 1.70 bits per heavy atom. The number of aromatic nitrogens is 1. The van der Waals surface area contributed by atoms with Gasteiger partial charge in [0.05, 0.1) is 11.1 Å². The number of carbonyl (C=O) groups is 1. The molecule has 27 heavy (non-hydrogen) atoms. The number of pyridine rings is 1. The first-order valence-electron chi connectivity index (χ1n) is 9.45. The van der Waals surface area contributed by atoms with E-state index in [0.717, 1.165) is 43.6 Å². The van der Waals surface area contributed by atoms with E-state index in [2.05, 4.69) is 44.4 Å². The van der Waals surface area contributed by atoms with Crippen LogP contribution >= 0.6 is 0 Å². The van der Waals surface area contributed by atoms with Crippen molar-refractivity contribution in [1.82, 2.24) is 15.2 Å². The minimum Gasteiger partial charge on any atom is -0.369 e. The Labute approximate surface area is 159 Å². The van der Waals surface area contributed by atoms with Crippen molar-refractivity contribution in [3.05, 3.63) is 72.4 Å². The predicted molar refractivity (Wildman–Crippen MR) is 109 cm³/mol. The molecule has 1 saturated heterocycles. The summed E-state index contributed by atoms with van der Waals surface area (Å²) in [7, 11) is 0. The van der Waals surface area contributed by atoms with Gasteiger partial charge in [-0.15, -0.1) is 0 Å². The van der Waals surface area contributed by atoms with E-state index in [0.29, 0.717) is 12.1 Å². The van der Waals surface area contributed by atoms with E-state index in [4.69, 9.17) is 0 Å². The predicted octanol–water partition coefficient (Wildman–Crippen LogP) is 2.79. The van der Waals surface area contributed by atoms with E-state index in [1.165, 1.54) is 5.69 Å². The van der Waals surface area contributed by atoms with Gasteiger partial charge >= 0.3 is 0 Å². The van der Waals surface area contributed by atoms with E-state index in [1.54, 1.807) is 6.20 Å². The third-order valence-corrected chi connectivity index (χ3v) is 5.06. The van der Waals surface area contributed by atoms with Crippen LogP contribution in [0.15, 0.2) is 66.9 Å². The van der Waals surface area contributed by atoms with Crippen LogP contribution in [0.25, 0.3) is 10.9 Å². The van der Waals surface area contributed by atoms with Gasteiger partial charge < -0.3 is 10.2 Å². The lowest BCUT2D eigenvalue weighted by atomic mass is 10.1. The number of piperazine rings is 1. The Kier molecular flexibility index (Phi) is 5.30. The van der Waals surface area contributed by atoms with Gasteiger partial charge in [0.15, 0.2) is 0 Å². The van der Waals surface area contributed by atoms with E-state index >= 15 is 0 Å². The van der Waals surface area contributed by atoms with Crippen molar-refractivity contribution in [3.63, 3.8) is 0 Å². The smallest absolute Gasteiger partial charge is 0.252 e. The minimum atomic E-state index is -0.0591. The molecule has 138 valence electrons. The molecule has 4 rings (SSSR count). The van der Waals surface area contributed by atoms with E-state index in [9.17, 15) is 4.79 Å². The fourth-order valence-corrected chi connectivity index (χ4v) is 3.49. The van der Waals surface area contributed by atoms with Crippen molar-refractivity contribution < 1.29 is 4.79 Å². The van der Waals surface area contributed by atoms with Gasteiger partial charge in [-0.3, -0.25) is 14.7 Å². The molecular weight excluding hydrogens is 336 g/mol. The van der Waals surface area contributed by atoms with Crippen LogP contribution in [0.1, 0.15) is 10.4 Å². The molecule has 5 nitrogen and oxygen atoms in total. The summed E-state index contributed by atoms with van der Waals surface area (Å²) in [5.74, 6) is -0.0591. The lowest BCUT2D eigenvalue weighted by Gasteiger charge is -2.36. The first-order chi connectivity index (χ1) is 13.3. The molecule has 0 aliphatic carbocycles. The Balaban J connectivity index is 1.24. The SMILES string of the molecule is O=C(NCCN1CCN(c2ccccc2)CC1)c1cnc2ccccc2c1. The molecule has 3 aromatic rings. The highest BCUT2D eigenvalue weighted by Gasteiger charge is 2.17. The topological polar surface area (TPSA) is 48.5 Å². The molecule has 1 aliphatic heterocycles. The number of fused-ring (bicyclic) bond motifs is 1. The highest BCUT2D eigenvalue weighted by Crippen LogP contribution is 2.15. The van der Waals surface area contributed by atoms with E-state index in [1.807, 2.05) is 36.4 Å². The minimum absolute atomic E-state index is 0.0591. The number of nitrogens with zero attached hydrogens (tertiary/aromatic N) is 3.